The zero-order chi connectivity index (χ0) is 21.3. The van der Waals surface area contributed by atoms with Crippen molar-refractivity contribution in [3.8, 4) is 6.07 Å². The number of carboxylic acid groups (broad SMARTS) is 1. The number of carboxylic acids is 1. The molecule has 0 bridgehead atoms. The van der Waals surface area contributed by atoms with E-state index in [-0.39, 0.29) is 18.7 Å². The van der Waals surface area contributed by atoms with Gasteiger partial charge in [-0.05, 0) is 39.1 Å². The van der Waals surface area contributed by atoms with Crippen molar-refractivity contribution in [2.24, 2.45) is 5.73 Å². The summed E-state index contributed by atoms with van der Waals surface area (Å²) in [6, 6.07) is 2.65. The number of amides is 1. The van der Waals surface area contributed by atoms with Crippen LogP contribution in [0.25, 0.3) is 5.70 Å². The molecule has 0 fully saturated rings. The maximum atomic E-state index is 12.1. The largest absolute Gasteiger partial charge is 0.479 e. The van der Waals surface area contributed by atoms with Crippen LogP contribution in [0.5, 0.6) is 0 Å². The highest BCUT2D eigenvalue weighted by molar-refractivity contribution is 7.11. The van der Waals surface area contributed by atoms with Gasteiger partial charge >= 0.3 is 12.1 Å². The van der Waals surface area contributed by atoms with Crippen molar-refractivity contribution in [2.45, 2.75) is 44.9 Å². The summed E-state index contributed by atoms with van der Waals surface area (Å²) >= 11 is 7.54. The van der Waals surface area contributed by atoms with Crippen LogP contribution >= 0.6 is 22.9 Å². The Morgan fingerprint density at radius 2 is 2.18 bits per heavy atom. The van der Waals surface area contributed by atoms with Crippen molar-refractivity contribution >= 4 is 40.7 Å². The molecule has 1 aliphatic rings. The molecule has 152 valence electrons. The Labute approximate surface area is 172 Å². The van der Waals surface area contributed by atoms with E-state index >= 15 is 0 Å². The molecular weight excluding hydrogens is 404 g/mol. The number of thiophene rings is 1. The first-order valence-electron chi connectivity index (χ1n) is 8.54. The molecule has 0 saturated heterocycles. The van der Waals surface area contributed by atoms with Gasteiger partial charge in [0.2, 0.25) is 0 Å². The molecule has 1 aliphatic heterocycles. The van der Waals surface area contributed by atoms with Gasteiger partial charge in [0, 0.05) is 13.1 Å². The number of nitrogens with one attached hydrogen (secondary N) is 1. The van der Waals surface area contributed by atoms with Crippen LogP contribution in [-0.2, 0) is 9.53 Å². The van der Waals surface area contributed by atoms with Crippen LogP contribution in [0.3, 0.4) is 0 Å². The van der Waals surface area contributed by atoms with Gasteiger partial charge in [0.1, 0.15) is 5.60 Å². The van der Waals surface area contributed by atoms with E-state index in [1.807, 2.05) is 6.07 Å². The lowest BCUT2D eigenvalue weighted by Crippen LogP contribution is -2.59. The number of nitriles is 1. The second-order valence-corrected chi connectivity index (χ2v) is 8.81. The second kappa shape index (κ2) is 7.99. The molecule has 2 unspecified atom stereocenters. The van der Waals surface area contributed by atoms with Crippen LogP contribution < -0.4 is 11.1 Å². The van der Waals surface area contributed by atoms with E-state index in [0.717, 1.165) is 0 Å². The van der Waals surface area contributed by atoms with Crippen molar-refractivity contribution in [2.75, 3.05) is 13.1 Å². The molecule has 1 aromatic rings. The van der Waals surface area contributed by atoms with Crippen LogP contribution in [0.4, 0.5) is 4.79 Å². The summed E-state index contributed by atoms with van der Waals surface area (Å²) in [5.74, 6) is -1.17. The summed E-state index contributed by atoms with van der Waals surface area (Å²) in [6.07, 6.45) is -0.617. The highest BCUT2D eigenvalue weighted by Crippen LogP contribution is 2.44. The Hall–Kier alpha value is -2.28. The molecule has 0 spiro atoms. The Balaban J connectivity index is 2.34. The van der Waals surface area contributed by atoms with Crippen molar-refractivity contribution < 1.29 is 19.4 Å². The minimum absolute atomic E-state index is 0.0930. The van der Waals surface area contributed by atoms with Gasteiger partial charge in [-0.3, -0.25) is 0 Å². The monoisotopic (exact) mass is 426 g/mol. The Kier molecular flexibility index (Phi) is 6.28. The number of ether oxygens (including phenoxy) is 1. The van der Waals surface area contributed by atoms with E-state index in [0.29, 0.717) is 15.6 Å². The second-order valence-electron chi connectivity index (χ2n) is 7.48. The molecule has 1 aromatic heterocycles. The summed E-state index contributed by atoms with van der Waals surface area (Å²) < 4.78 is 5.19. The minimum atomic E-state index is -1.57. The normalized spacial score (nSPS) is 22.2. The van der Waals surface area contributed by atoms with E-state index in [2.05, 4.69) is 5.32 Å². The molecule has 2 rings (SSSR count). The molecule has 2 atom stereocenters. The Bertz CT molecular complexity index is 855. The lowest BCUT2D eigenvalue weighted by Gasteiger charge is -2.37. The van der Waals surface area contributed by atoms with E-state index in [1.165, 1.54) is 23.2 Å². The quantitative estimate of drug-likeness (QED) is 0.659. The van der Waals surface area contributed by atoms with Gasteiger partial charge < -0.3 is 25.8 Å². The average molecular weight is 427 g/mol. The average Bonchev–Trinajstić information content (AvgIpc) is 3.07. The van der Waals surface area contributed by atoms with Gasteiger partial charge in [0.05, 0.1) is 33.3 Å². The molecule has 0 aliphatic carbocycles. The summed E-state index contributed by atoms with van der Waals surface area (Å²) in [4.78, 5) is 26.1. The van der Waals surface area contributed by atoms with Gasteiger partial charge in [-0.2, -0.15) is 5.26 Å². The van der Waals surface area contributed by atoms with Crippen LogP contribution in [-0.4, -0.2) is 52.3 Å². The maximum absolute atomic E-state index is 12.1. The van der Waals surface area contributed by atoms with Crippen molar-refractivity contribution in [1.29, 1.82) is 5.26 Å². The molecule has 0 saturated carbocycles. The van der Waals surface area contributed by atoms with E-state index in [1.54, 1.807) is 32.2 Å². The summed E-state index contributed by atoms with van der Waals surface area (Å²) in [7, 11) is 0. The molecule has 1 amide bonds. The first kappa shape index (κ1) is 22.0. The van der Waals surface area contributed by atoms with Crippen LogP contribution in [0.2, 0.25) is 5.02 Å². The Morgan fingerprint density at radius 3 is 2.64 bits per heavy atom. The predicted octanol–water partition coefficient (Wildman–Crippen LogP) is 2.65. The van der Waals surface area contributed by atoms with E-state index < -0.39 is 29.2 Å². The summed E-state index contributed by atoms with van der Waals surface area (Å²) in [5.41, 5.74) is 4.47. The van der Waals surface area contributed by atoms with Gasteiger partial charge in [-0.15, -0.1) is 11.3 Å². The number of carbonyl (C=O) groups excluding carboxylic acids is 1. The lowest BCUT2D eigenvalue weighted by molar-refractivity contribution is -0.148. The number of nitrogens with zero attached hydrogens (tertiary/aromatic N) is 2. The zero-order valence-electron chi connectivity index (χ0n) is 16.1. The maximum Gasteiger partial charge on any atom is 0.407 e. The Morgan fingerprint density at radius 1 is 1.54 bits per heavy atom. The number of nitrogens with two attached hydrogens (primary N) is 1. The minimum Gasteiger partial charge on any atom is -0.479 e. The molecule has 28 heavy (non-hydrogen) atoms. The first-order valence-corrected chi connectivity index (χ1v) is 9.80. The third-order valence-corrected chi connectivity index (χ3v) is 5.74. The van der Waals surface area contributed by atoms with E-state index in [4.69, 9.17) is 22.1 Å². The third-order valence-electron chi connectivity index (χ3n) is 4.39. The topological polar surface area (TPSA) is 129 Å². The van der Waals surface area contributed by atoms with Gasteiger partial charge in [-0.1, -0.05) is 11.6 Å². The number of carbonyl (C=O) groups is 2. The van der Waals surface area contributed by atoms with Crippen molar-refractivity contribution in [3.05, 3.63) is 26.9 Å². The highest BCUT2D eigenvalue weighted by Gasteiger charge is 2.54. The number of rotatable bonds is 5. The summed E-state index contributed by atoms with van der Waals surface area (Å²) in [6.45, 7) is 6.88. The third kappa shape index (κ3) is 4.09. The number of aliphatic carboxylic acids is 1. The standard InChI is InChI=1S/C18H23ClN4O4S/c1-17(2,3)27-16(26)22-6-7-23-12(13-11(19)5-8-28-13)10(9-20)14(21)18(23,4)15(24)25/h5,8,14H,6-7,21H2,1-4H3,(H,22,26)(H,24,25). The SMILES string of the molecule is CC(C)(C)OC(=O)NCCN1C(c2sccc2Cl)=C(C#N)C(N)C1(C)C(=O)O. The molecule has 2 heterocycles. The van der Waals surface area contributed by atoms with Crippen LogP contribution in [0, 0.1) is 11.3 Å². The van der Waals surface area contributed by atoms with Crippen molar-refractivity contribution in [1.82, 2.24) is 10.2 Å². The molecule has 0 radical (unpaired) electrons. The highest BCUT2D eigenvalue weighted by atomic mass is 35.5. The fraction of sp³-hybridized carbons (Fsp3) is 0.500. The number of hydrogen-bond donors (Lipinski definition) is 3. The van der Waals surface area contributed by atoms with Crippen LogP contribution in [0.15, 0.2) is 17.0 Å². The van der Waals surface area contributed by atoms with Gasteiger partial charge in [0.25, 0.3) is 0 Å². The van der Waals surface area contributed by atoms with Crippen molar-refractivity contribution in [3.63, 3.8) is 0 Å². The fourth-order valence-electron chi connectivity index (χ4n) is 2.98. The summed E-state index contributed by atoms with van der Waals surface area (Å²) in [5, 5.41) is 24.3. The number of alkyl carbamates (subject to hydrolysis) is 1. The number of hydrogen-bond acceptors (Lipinski definition) is 7. The zero-order valence-corrected chi connectivity index (χ0v) is 17.6. The van der Waals surface area contributed by atoms with Gasteiger partial charge in [0.15, 0.2) is 5.54 Å². The fourth-order valence-corrected chi connectivity index (χ4v) is 4.19. The molecule has 8 nitrogen and oxygen atoms in total. The van der Waals surface area contributed by atoms with Gasteiger partial charge in [-0.25, -0.2) is 9.59 Å². The molecule has 0 aromatic carbocycles. The smallest absolute Gasteiger partial charge is 0.407 e. The molecule has 4 N–H and O–H groups in total. The molecular formula is C18H23ClN4O4S. The number of halogens is 1. The van der Waals surface area contributed by atoms with Crippen LogP contribution in [0.1, 0.15) is 32.6 Å². The van der Waals surface area contributed by atoms with E-state index in [9.17, 15) is 20.0 Å². The lowest BCUT2D eigenvalue weighted by atomic mass is 9.90. The predicted molar refractivity (Wildman–Crippen MR) is 107 cm³/mol. The molecule has 10 heteroatoms. The first-order chi connectivity index (χ1) is 12.9.